The Bertz CT molecular complexity index is 687. The smallest absolute Gasteiger partial charge is 0.257 e. The summed E-state index contributed by atoms with van der Waals surface area (Å²) in [4.78, 5) is 16.5. The number of nitrogens with zero attached hydrogens (tertiary/aromatic N) is 1. The maximum atomic E-state index is 12.3. The molecule has 2 rings (SSSR count). The number of carbonyl (C=O) groups excluding carboxylic acids is 1. The molecule has 1 heterocycles. The van der Waals surface area contributed by atoms with Gasteiger partial charge in [0.15, 0.2) is 11.5 Å². The lowest BCUT2D eigenvalue weighted by Gasteiger charge is -2.13. The molecule has 0 aliphatic heterocycles. The fourth-order valence-corrected chi connectivity index (χ4v) is 2.19. The first-order valence-electron chi connectivity index (χ1n) is 7.29. The van der Waals surface area contributed by atoms with Crippen LogP contribution in [0.5, 0.6) is 11.5 Å². The average Bonchev–Trinajstić information content (AvgIpc) is 2.55. The Hall–Kier alpha value is -2.27. The number of aryl methyl sites for hydroxylation is 1. The number of ether oxygens (including phenoxy) is 2. The largest absolute Gasteiger partial charge is 0.493 e. The number of amides is 1. The molecule has 122 valence electrons. The highest BCUT2D eigenvalue weighted by Gasteiger charge is 2.16. The van der Waals surface area contributed by atoms with Gasteiger partial charge >= 0.3 is 0 Å². The van der Waals surface area contributed by atoms with Crippen molar-refractivity contribution in [2.75, 3.05) is 19.0 Å². The first-order chi connectivity index (χ1) is 11.0. The zero-order valence-electron chi connectivity index (χ0n) is 13.4. The summed E-state index contributed by atoms with van der Waals surface area (Å²) in [5.74, 6) is 1.03. The second-order valence-electron chi connectivity index (χ2n) is 5.01. The Kier molecular flexibility index (Phi) is 5.82. The minimum Gasteiger partial charge on any atom is -0.493 e. The number of anilines is 1. The molecule has 0 saturated carbocycles. The molecule has 0 radical (unpaired) electrons. The van der Waals surface area contributed by atoms with Crippen LogP contribution in [-0.4, -0.2) is 24.6 Å². The number of aromatic nitrogens is 1. The van der Waals surface area contributed by atoms with E-state index in [1.807, 2.05) is 19.9 Å². The zero-order valence-corrected chi connectivity index (χ0v) is 14.1. The highest BCUT2D eigenvalue weighted by Crippen LogP contribution is 2.36. The lowest BCUT2D eigenvalue weighted by Crippen LogP contribution is -2.13. The van der Waals surface area contributed by atoms with E-state index in [2.05, 4.69) is 10.3 Å². The van der Waals surface area contributed by atoms with Crippen LogP contribution in [0.3, 0.4) is 0 Å². The van der Waals surface area contributed by atoms with Crippen molar-refractivity contribution < 1.29 is 14.3 Å². The normalized spacial score (nSPS) is 10.3. The standard InChI is InChI=1S/C17H19ClN2O3/c1-4-7-23-16-13(18)8-12(9-14(16)22-3)17(21)20-15-6-5-11(2)10-19-15/h5-6,8-10H,4,7H2,1-3H3,(H,19,20,21). The Labute approximate surface area is 140 Å². The van der Waals surface area contributed by atoms with Crippen molar-refractivity contribution in [1.29, 1.82) is 0 Å². The van der Waals surface area contributed by atoms with E-state index in [1.54, 1.807) is 24.4 Å². The first-order valence-corrected chi connectivity index (χ1v) is 7.67. The van der Waals surface area contributed by atoms with Gasteiger partial charge in [-0.3, -0.25) is 4.79 Å². The van der Waals surface area contributed by atoms with Crippen LogP contribution < -0.4 is 14.8 Å². The summed E-state index contributed by atoms with van der Waals surface area (Å²) in [6, 6.07) is 6.77. The van der Waals surface area contributed by atoms with Gasteiger partial charge in [0.05, 0.1) is 18.7 Å². The molecule has 0 fully saturated rings. The van der Waals surface area contributed by atoms with Crippen molar-refractivity contribution in [2.45, 2.75) is 20.3 Å². The number of rotatable bonds is 6. The number of hydrogen-bond acceptors (Lipinski definition) is 4. The minimum absolute atomic E-state index is 0.316. The lowest BCUT2D eigenvalue weighted by atomic mass is 10.2. The van der Waals surface area contributed by atoms with Gasteiger partial charge in [-0.1, -0.05) is 24.6 Å². The molecule has 6 heteroatoms. The van der Waals surface area contributed by atoms with Crippen molar-refractivity contribution in [2.24, 2.45) is 0 Å². The van der Waals surface area contributed by atoms with Gasteiger partial charge in [-0.15, -0.1) is 0 Å². The molecular weight excluding hydrogens is 316 g/mol. The summed E-state index contributed by atoms with van der Waals surface area (Å²) < 4.78 is 10.8. The number of pyridine rings is 1. The van der Waals surface area contributed by atoms with Crippen LogP contribution in [0.1, 0.15) is 29.3 Å². The number of carbonyl (C=O) groups is 1. The molecule has 0 saturated heterocycles. The second-order valence-corrected chi connectivity index (χ2v) is 5.42. The molecule has 5 nitrogen and oxygen atoms in total. The number of hydrogen-bond donors (Lipinski definition) is 1. The van der Waals surface area contributed by atoms with E-state index in [-0.39, 0.29) is 5.91 Å². The molecule has 1 aromatic heterocycles. The van der Waals surface area contributed by atoms with Crippen molar-refractivity contribution in [1.82, 2.24) is 4.98 Å². The lowest BCUT2D eigenvalue weighted by molar-refractivity contribution is 0.102. The Morgan fingerprint density at radius 1 is 1.35 bits per heavy atom. The van der Waals surface area contributed by atoms with E-state index in [1.165, 1.54) is 7.11 Å². The maximum Gasteiger partial charge on any atom is 0.257 e. The van der Waals surface area contributed by atoms with Crippen LogP contribution in [0, 0.1) is 6.92 Å². The molecular formula is C17H19ClN2O3. The van der Waals surface area contributed by atoms with Gasteiger partial charge < -0.3 is 14.8 Å². The molecule has 0 bridgehead atoms. The summed E-state index contributed by atoms with van der Waals surface area (Å²) in [5.41, 5.74) is 1.39. The van der Waals surface area contributed by atoms with Crippen LogP contribution in [0.15, 0.2) is 30.5 Å². The summed E-state index contributed by atoms with van der Waals surface area (Å²) in [7, 11) is 1.51. The number of halogens is 1. The fourth-order valence-electron chi connectivity index (χ4n) is 1.93. The van der Waals surface area contributed by atoms with E-state index in [0.29, 0.717) is 34.5 Å². The number of nitrogens with one attached hydrogen (secondary N) is 1. The summed E-state index contributed by atoms with van der Waals surface area (Å²) in [6.07, 6.45) is 2.53. The first kappa shape index (κ1) is 17.1. The van der Waals surface area contributed by atoms with Crippen LogP contribution >= 0.6 is 11.6 Å². The molecule has 23 heavy (non-hydrogen) atoms. The summed E-state index contributed by atoms with van der Waals surface area (Å²) in [5, 5.41) is 3.05. The summed E-state index contributed by atoms with van der Waals surface area (Å²) >= 11 is 6.22. The second kappa shape index (κ2) is 7.83. The SMILES string of the molecule is CCCOc1c(Cl)cc(C(=O)Nc2ccc(C)cn2)cc1OC. The number of benzene rings is 1. The predicted molar refractivity (Wildman–Crippen MR) is 90.7 cm³/mol. The van der Waals surface area contributed by atoms with Gasteiger partial charge in [0.25, 0.3) is 5.91 Å². The molecule has 1 aromatic carbocycles. The zero-order chi connectivity index (χ0) is 16.8. The highest BCUT2D eigenvalue weighted by atomic mass is 35.5. The third-order valence-electron chi connectivity index (χ3n) is 3.10. The molecule has 0 aliphatic carbocycles. The third kappa shape index (κ3) is 4.36. The summed E-state index contributed by atoms with van der Waals surface area (Å²) in [6.45, 7) is 4.45. The predicted octanol–water partition coefficient (Wildman–Crippen LogP) is 4.09. The van der Waals surface area contributed by atoms with E-state index in [4.69, 9.17) is 21.1 Å². The van der Waals surface area contributed by atoms with Crippen molar-refractivity contribution in [3.63, 3.8) is 0 Å². The Morgan fingerprint density at radius 2 is 2.13 bits per heavy atom. The molecule has 0 aliphatic rings. The van der Waals surface area contributed by atoms with Gasteiger partial charge in [0.2, 0.25) is 0 Å². The molecule has 1 N–H and O–H groups in total. The van der Waals surface area contributed by atoms with Crippen molar-refractivity contribution in [3.8, 4) is 11.5 Å². The van der Waals surface area contributed by atoms with E-state index >= 15 is 0 Å². The monoisotopic (exact) mass is 334 g/mol. The minimum atomic E-state index is -0.316. The molecule has 0 spiro atoms. The van der Waals surface area contributed by atoms with Crippen molar-refractivity contribution >= 4 is 23.3 Å². The van der Waals surface area contributed by atoms with Gasteiger partial charge in [-0.25, -0.2) is 4.98 Å². The quantitative estimate of drug-likeness (QED) is 0.864. The van der Waals surface area contributed by atoms with E-state index in [0.717, 1.165) is 12.0 Å². The molecule has 0 atom stereocenters. The van der Waals surface area contributed by atoms with Gasteiger partial charge in [-0.05, 0) is 37.1 Å². The highest BCUT2D eigenvalue weighted by molar-refractivity contribution is 6.32. The molecule has 0 unspecified atom stereocenters. The van der Waals surface area contributed by atoms with Crippen LogP contribution in [0.2, 0.25) is 5.02 Å². The molecule has 1 amide bonds. The van der Waals surface area contributed by atoms with E-state index in [9.17, 15) is 4.79 Å². The van der Waals surface area contributed by atoms with Gasteiger partial charge in [0, 0.05) is 11.8 Å². The Morgan fingerprint density at radius 3 is 2.74 bits per heavy atom. The van der Waals surface area contributed by atoms with E-state index < -0.39 is 0 Å². The maximum absolute atomic E-state index is 12.3. The topological polar surface area (TPSA) is 60.5 Å². The van der Waals surface area contributed by atoms with Gasteiger partial charge in [0.1, 0.15) is 5.82 Å². The number of methoxy groups -OCH3 is 1. The van der Waals surface area contributed by atoms with Gasteiger partial charge in [-0.2, -0.15) is 0 Å². The third-order valence-corrected chi connectivity index (χ3v) is 3.38. The average molecular weight is 335 g/mol. The fraction of sp³-hybridized carbons (Fsp3) is 0.294. The van der Waals surface area contributed by atoms with Crippen LogP contribution in [-0.2, 0) is 0 Å². The molecule has 2 aromatic rings. The van der Waals surface area contributed by atoms with Crippen molar-refractivity contribution in [3.05, 3.63) is 46.6 Å². The van der Waals surface area contributed by atoms with Crippen LogP contribution in [0.4, 0.5) is 5.82 Å². The Balaban J connectivity index is 2.23. The van der Waals surface area contributed by atoms with Crippen LogP contribution in [0.25, 0.3) is 0 Å².